The summed E-state index contributed by atoms with van der Waals surface area (Å²) in [6, 6.07) is 0. The summed E-state index contributed by atoms with van der Waals surface area (Å²) in [6.07, 6.45) is 58.4. The van der Waals surface area contributed by atoms with E-state index in [1.54, 1.807) is 0 Å². The minimum Gasteiger partial charge on any atom is -0.462 e. The second-order valence-electron chi connectivity index (χ2n) is 17.8. The molecule has 0 fully saturated rings. The largest absolute Gasteiger partial charge is 0.462 e. The van der Waals surface area contributed by atoms with Gasteiger partial charge in [0.1, 0.15) is 13.2 Å². The van der Waals surface area contributed by atoms with Gasteiger partial charge >= 0.3 is 17.9 Å². The van der Waals surface area contributed by atoms with Gasteiger partial charge in [-0.05, 0) is 70.6 Å². The third-order valence-corrected chi connectivity index (χ3v) is 11.6. The van der Waals surface area contributed by atoms with Crippen molar-refractivity contribution in [2.24, 2.45) is 0 Å². The van der Waals surface area contributed by atoms with E-state index in [4.69, 9.17) is 14.2 Å². The highest BCUT2D eigenvalue weighted by Gasteiger charge is 2.19. The number of hydrogen-bond donors (Lipinski definition) is 0. The summed E-state index contributed by atoms with van der Waals surface area (Å²) in [5, 5.41) is 0. The fourth-order valence-electron chi connectivity index (χ4n) is 7.65. The van der Waals surface area contributed by atoms with Gasteiger partial charge in [0.25, 0.3) is 0 Å². The molecule has 0 aromatic rings. The Morgan fingerprint density at radius 1 is 0.344 bits per heavy atom. The van der Waals surface area contributed by atoms with Crippen LogP contribution in [0.1, 0.15) is 278 Å². The zero-order chi connectivity index (χ0) is 44.4. The Bertz CT molecular complexity index is 1030. The van der Waals surface area contributed by atoms with E-state index in [0.717, 1.165) is 83.5 Å². The SMILES string of the molecule is CC/C=C\C/C=C\CCCCCCCCCC(=O)OC(COC(=O)CCCCCCC/C=C\CCCCC)COC(=O)CCCCCCCCCCCCCCCCCCC. The molecule has 0 saturated carbocycles. The van der Waals surface area contributed by atoms with Crippen LogP contribution in [0.25, 0.3) is 0 Å². The molecule has 0 bridgehead atoms. The van der Waals surface area contributed by atoms with Crippen molar-refractivity contribution in [3.05, 3.63) is 36.5 Å². The quantitative estimate of drug-likeness (QED) is 0.0262. The first-order chi connectivity index (χ1) is 30.0. The van der Waals surface area contributed by atoms with Gasteiger partial charge in [-0.1, -0.05) is 224 Å². The molecule has 356 valence electrons. The molecule has 0 aliphatic heterocycles. The van der Waals surface area contributed by atoms with E-state index in [-0.39, 0.29) is 31.1 Å². The topological polar surface area (TPSA) is 78.9 Å². The van der Waals surface area contributed by atoms with E-state index in [1.807, 2.05) is 0 Å². The molecule has 0 saturated heterocycles. The van der Waals surface area contributed by atoms with E-state index in [1.165, 1.54) is 154 Å². The lowest BCUT2D eigenvalue weighted by Crippen LogP contribution is -2.30. The number of ether oxygens (including phenoxy) is 3. The zero-order valence-corrected chi connectivity index (χ0v) is 40.7. The van der Waals surface area contributed by atoms with Gasteiger partial charge in [-0.25, -0.2) is 0 Å². The van der Waals surface area contributed by atoms with Gasteiger partial charge in [0.15, 0.2) is 6.10 Å². The van der Waals surface area contributed by atoms with Crippen LogP contribution in [0.15, 0.2) is 36.5 Å². The lowest BCUT2D eigenvalue weighted by atomic mass is 10.0. The summed E-state index contributed by atoms with van der Waals surface area (Å²) in [5.41, 5.74) is 0. The zero-order valence-electron chi connectivity index (χ0n) is 40.7. The molecule has 0 aromatic heterocycles. The predicted octanol–water partition coefficient (Wildman–Crippen LogP) is 17.3. The molecule has 0 rings (SSSR count). The highest BCUT2D eigenvalue weighted by Crippen LogP contribution is 2.16. The maximum absolute atomic E-state index is 12.8. The molecular formula is C55H100O6. The number of rotatable bonds is 48. The van der Waals surface area contributed by atoms with E-state index >= 15 is 0 Å². The molecule has 0 spiro atoms. The number of carbonyl (C=O) groups is 3. The molecule has 0 amide bonds. The maximum atomic E-state index is 12.8. The minimum absolute atomic E-state index is 0.0749. The van der Waals surface area contributed by atoms with Crippen molar-refractivity contribution < 1.29 is 28.6 Å². The first-order valence-corrected chi connectivity index (χ1v) is 26.5. The van der Waals surface area contributed by atoms with Crippen molar-refractivity contribution in [2.75, 3.05) is 13.2 Å². The van der Waals surface area contributed by atoms with Gasteiger partial charge in [0.05, 0.1) is 0 Å². The van der Waals surface area contributed by atoms with Gasteiger partial charge in [-0.15, -0.1) is 0 Å². The van der Waals surface area contributed by atoms with Crippen molar-refractivity contribution in [1.29, 1.82) is 0 Å². The molecule has 6 heteroatoms. The summed E-state index contributed by atoms with van der Waals surface area (Å²) in [5.74, 6) is -0.881. The molecule has 0 aliphatic rings. The maximum Gasteiger partial charge on any atom is 0.306 e. The summed E-state index contributed by atoms with van der Waals surface area (Å²) in [6.45, 7) is 6.52. The van der Waals surface area contributed by atoms with E-state index in [0.29, 0.717) is 19.3 Å². The van der Waals surface area contributed by atoms with Crippen LogP contribution in [0.2, 0.25) is 0 Å². The second-order valence-corrected chi connectivity index (χ2v) is 17.8. The van der Waals surface area contributed by atoms with Crippen LogP contribution in [-0.2, 0) is 28.6 Å². The lowest BCUT2D eigenvalue weighted by Gasteiger charge is -2.18. The van der Waals surface area contributed by atoms with Crippen molar-refractivity contribution in [2.45, 2.75) is 284 Å². The van der Waals surface area contributed by atoms with Crippen LogP contribution < -0.4 is 0 Å². The van der Waals surface area contributed by atoms with Gasteiger partial charge in [0, 0.05) is 19.3 Å². The van der Waals surface area contributed by atoms with Gasteiger partial charge in [-0.3, -0.25) is 14.4 Å². The van der Waals surface area contributed by atoms with Crippen LogP contribution in [0.5, 0.6) is 0 Å². The number of allylic oxidation sites excluding steroid dienone is 6. The fraction of sp³-hybridized carbons (Fsp3) is 0.836. The van der Waals surface area contributed by atoms with Crippen LogP contribution in [0.3, 0.4) is 0 Å². The first-order valence-electron chi connectivity index (χ1n) is 26.5. The summed E-state index contributed by atoms with van der Waals surface area (Å²) < 4.78 is 16.8. The second kappa shape index (κ2) is 50.3. The Balaban J connectivity index is 4.33. The van der Waals surface area contributed by atoms with Crippen molar-refractivity contribution in [1.82, 2.24) is 0 Å². The number of unbranched alkanes of at least 4 members (excludes halogenated alkanes) is 31. The van der Waals surface area contributed by atoms with Crippen molar-refractivity contribution in [3.8, 4) is 0 Å². The number of carbonyl (C=O) groups excluding carboxylic acids is 3. The molecule has 61 heavy (non-hydrogen) atoms. The molecule has 0 radical (unpaired) electrons. The average molecular weight is 857 g/mol. The van der Waals surface area contributed by atoms with Crippen LogP contribution >= 0.6 is 0 Å². The summed E-state index contributed by atoms with van der Waals surface area (Å²) in [4.78, 5) is 38.0. The highest BCUT2D eigenvalue weighted by molar-refractivity contribution is 5.71. The normalized spacial score (nSPS) is 12.2. The van der Waals surface area contributed by atoms with Crippen molar-refractivity contribution >= 4 is 17.9 Å². The molecule has 0 aromatic carbocycles. The fourth-order valence-corrected chi connectivity index (χ4v) is 7.65. The molecule has 0 aliphatic carbocycles. The smallest absolute Gasteiger partial charge is 0.306 e. The Morgan fingerprint density at radius 3 is 1.03 bits per heavy atom. The minimum atomic E-state index is -0.775. The Morgan fingerprint density at radius 2 is 0.639 bits per heavy atom. The van der Waals surface area contributed by atoms with Crippen molar-refractivity contribution in [3.63, 3.8) is 0 Å². The van der Waals surface area contributed by atoms with Gasteiger partial charge in [0.2, 0.25) is 0 Å². The molecule has 0 N–H and O–H groups in total. The molecular weight excluding hydrogens is 757 g/mol. The predicted molar refractivity (Wildman–Crippen MR) is 261 cm³/mol. The molecule has 1 unspecified atom stereocenters. The van der Waals surface area contributed by atoms with Gasteiger partial charge in [-0.2, -0.15) is 0 Å². The third-order valence-electron chi connectivity index (χ3n) is 11.6. The van der Waals surface area contributed by atoms with Crippen LogP contribution in [0, 0.1) is 0 Å². The van der Waals surface area contributed by atoms with E-state index in [2.05, 4.69) is 57.2 Å². The molecule has 6 nitrogen and oxygen atoms in total. The molecule has 1 atom stereocenters. The first kappa shape index (κ1) is 58.6. The summed E-state index contributed by atoms with van der Waals surface area (Å²) >= 11 is 0. The Kier molecular flexibility index (Phi) is 48.3. The average Bonchev–Trinajstić information content (AvgIpc) is 3.26. The van der Waals surface area contributed by atoms with Crippen LogP contribution in [-0.4, -0.2) is 37.2 Å². The highest BCUT2D eigenvalue weighted by atomic mass is 16.6. The number of hydrogen-bond acceptors (Lipinski definition) is 6. The Labute approximate surface area is 378 Å². The van der Waals surface area contributed by atoms with Crippen LogP contribution in [0.4, 0.5) is 0 Å². The Hall–Kier alpha value is -2.37. The third kappa shape index (κ3) is 48.5. The molecule has 0 heterocycles. The van der Waals surface area contributed by atoms with E-state index in [9.17, 15) is 14.4 Å². The van der Waals surface area contributed by atoms with E-state index < -0.39 is 6.10 Å². The monoisotopic (exact) mass is 857 g/mol. The standard InChI is InChI=1S/C55H100O6/c1-4-7-10-13-16-19-22-25-27-28-29-31-33-36-39-42-45-48-54(57)60-51-52(50-59-53(56)47-44-41-38-35-32-24-21-18-15-12-9-6-3)61-55(58)49-46-43-40-37-34-30-26-23-20-17-14-11-8-5-2/h8,11,17-18,20-21,52H,4-7,9-10,12-16,19,22-51H2,1-3H3/b11-8-,20-17-,21-18-. The van der Waals surface area contributed by atoms with Gasteiger partial charge < -0.3 is 14.2 Å². The summed E-state index contributed by atoms with van der Waals surface area (Å²) in [7, 11) is 0. The lowest BCUT2D eigenvalue weighted by molar-refractivity contribution is -0.167. The number of esters is 3.